The minimum Gasteiger partial charge on any atom is -0.357 e. The highest BCUT2D eigenvalue weighted by atomic mass is 127. The van der Waals surface area contributed by atoms with Crippen LogP contribution >= 0.6 is 35.3 Å². The molecule has 0 saturated carbocycles. The molecule has 22 heavy (non-hydrogen) atoms. The van der Waals surface area contributed by atoms with Crippen LogP contribution < -0.4 is 10.6 Å². The number of halogens is 1. The van der Waals surface area contributed by atoms with Crippen molar-refractivity contribution in [2.45, 2.75) is 32.7 Å². The molecular formula is C15H25IN4OS. The molecule has 2 N–H and O–H groups in total. The van der Waals surface area contributed by atoms with Gasteiger partial charge in [0, 0.05) is 32.6 Å². The number of guanidine groups is 1. The van der Waals surface area contributed by atoms with Crippen LogP contribution in [-0.2, 0) is 11.3 Å². The Kier molecular flexibility index (Phi) is 9.45. The van der Waals surface area contributed by atoms with Crippen LogP contribution in [0.1, 0.15) is 31.7 Å². The number of aliphatic imine (C=N–C) groups is 1. The van der Waals surface area contributed by atoms with Gasteiger partial charge in [-0.1, -0.05) is 0 Å². The lowest BCUT2D eigenvalue weighted by molar-refractivity contribution is -0.127. The van der Waals surface area contributed by atoms with E-state index in [1.807, 2.05) is 4.90 Å². The van der Waals surface area contributed by atoms with Crippen LogP contribution in [0.5, 0.6) is 0 Å². The molecule has 1 aliphatic heterocycles. The highest BCUT2D eigenvalue weighted by Gasteiger charge is 2.18. The summed E-state index contributed by atoms with van der Waals surface area (Å²) in [5.41, 5.74) is 1.24. The molecule has 1 aliphatic rings. The van der Waals surface area contributed by atoms with Gasteiger partial charge in [-0.25, -0.2) is 4.99 Å². The largest absolute Gasteiger partial charge is 0.357 e. The maximum Gasteiger partial charge on any atom is 0.222 e. The number of likely N-dealkylation sites (tertiary alicyclic amines) is 1. The van der Waals surface area contributed by atoms with Gasteiger partial charge < -0.3 is 15.5 Å². The SMILES string of the molecule is CCNC(=NCc1ccsc1)NCCCN1CCCC1=O.I. The lowest BCUT2D eigenvalue weighted by Crippen LogP contribution is -2.38. The first-order valence-electron chi connectivity index (χ1n) is 7.60. The molecule has 0 radical (unpaired) electrons. The second kappa shape index (κ2) is 10.8. The molecule has 124 valence electrons. The Morgan fingerprint density at radius 1 is 1.45 bits per heavy atom. The number of hydrogen-bond donors (Lipinski definition) is 2. The van der Waals surface area contributed by atoms with E-state index in [-0.39, 0.29) is 24.0 Å². The Hall–Kier alpha value is -0.830. The fourth-order valence-electron chi connectivity index (χ4n) is 2.31. The predicted octanol–water partition coefficient (Wildman–Crippen LogP) is 2.43. The Balaban J connectivity index is 0.00000242. The summed E-state index contributed by atoms with van der Waals surface area (Å²) < 4.78 is 0. The first-order valence-corrected chi connectivity index (χ1v) is 8.55. The molecular weight excluding hydrogens is 411 g/mol. The van der Waals surface area contributed by atoms with Crippen molar-refractivity contribution in [2.24, 2.45) is 4.99 Å². The van der Waals surface area contributed by atoms with Crippen LogP contribution in [0.2, 0.25) is 0 Å². The van der Waals surface area contributed by atoms with Crippen molar-refractivity contribution >= 4 is 47.2 Å². The van der Waals surface area contributed by atoms with Gasteiger partial charge >= 0.3 is 0 Å². The molecule has 0 bridgehead atoms. The van der Waals surface area contributed by atoms with Gasteiger partial charge in [0.05, 0.1) is 6.54 Å². The summed E-state index contributed by atoms with van der Waals surface area (Å²) in [4.78, 5) is 18.0. The molecule has 0 unspecified atom stereocenters. The lowest BCUT2D eigenvalue weighted by atomic mass is 10.3. The quantitative estimate of drug-likeness (QED) is 0.299. The second-order valence-corrected chi connectivity index (χ2v) is 5.87. The number of rotatable bonds is 7. The molecule has 2 heterocycles. The van der Waals surface area contributed by atoms with E-state index in [0.29, 0.717) is 12.5 Å². The summed E-state index contributed by atoms with van der Waals surface area (Å²) >= 11 is 1.69. The van der Waals surface area contributed by atoms with E-state index in [2.05, 4.69) is 39.4 Å². The van der Waals surface area contributed by atoms with Crippen molar-refractivity contribution < 1.29 is 4.79 Å². The van der Waals surface area contributed by atoms with E-state index in [1.54, 1.807) is 11.3 Å². The molecule has 0 aliphatic carbocycles. The van der Waals surface area contributed by atoms with Crippen LogP contribution in [0, 0.1) is 0 Å². The maximum atomic E-state index is 11.5. The van der Waals surface area contributed by atoms with Gasteiger partial charge in [-0.05, 0) is 42.2 Å². The summed E-state index contributed by atoms with van der Waals surface area (Å²) in [7, 11) is 0. The van der Waals surface area contributed by atoms with E-state index in [4.69, 9.17) is 0 Å². The first kappa shape index (κ1) is 19.2. The zero-order valence-electron chi connectivity index (χ0n) is 13.0. The molecule has 0 aromatic carbocycles. The summed E-state index contributed by atoms with van der Waals surface area (Å²) in [6.45, 7) is 6.20. The number of carbonyl (C=O) groups excluding carboxylic acids is 1. The lowest BCUT2D eigenvalue weighted by Gasteiger charge is -2.16. The molecule has 7 heteroatoms. The third-order valence-corrected chi connectivity index (χ3v) is 4.14. The van der Waals surface area contributed by atoms with E-state index in [9.17, 15) is 4.79 Å². The fourth-order valence-corrected chi connectivity index (χ4v) is 2.97. The van der Waals surface area contributed by atoms with Crippen LogP contribution in [-0.4, -0.2) is 42.9 Å². The van der Waals surface area contributed by atoms with Crippen LogP contribution in [0.15, 0.2) is 21.8 Å². The van der Waals surface area contributed by atoms with Crippen molar-refractivity contribution in [3.63, 3.8) is 0 Å². The minimum atomic E-state index is 0. The average Bonchev–Trinajstić information content (AvgIpc) is 3.13. The van der Waals surface area contributed by atoms with Gasteiger partial charge in [-0.3, -0.25) is 4.79 Å². The smallest absolute Gasteiger partial charge is 0.222 e. The van der Waals surface area contributed by atoms with Gasteiger partial charge in [0.15, 0.2) is 5.96 Å². The number of carbonyl (C=O) groups is 1. The summed E-state index contributed by atoms with van der Waals surface area (Å²) in [5.74, 6) is 1.14. The summed E-state index contributed by atoms with van der Waals surface area (Å²) in [6, 6.07) is 2.09. The molecule has 1 saturated heterocycles. The topological polar surface area (TPSA) is 56.7 Å². The normalized spacial score (nSPS) is 14.9. The molecule has 5 nitrogen and oxygen atoms in total. The molecule has 1 aromatic rings. The van der Waals surface area contributed by atoms with Crippen LogP contribution in [0.3, 0.4) is 0 Å². The van der Waals surface area contributed by atoms with Gasteiger partial charge in [0.2, 0.25) is 5.91 Å². The zero-order chi connectivity index (χ0) is 14.9. The molecule has 2 rings (SSSR count). The predicted molar refractivity (Wildman–Crippen MR) is 103 cm³/mol. The molecule has 0 spiro atoms. The highest BCUT2D eigenvalue weighted by Crippen LogP contribution is 2.09. The van der Waals surface area contributed by atoms with Crippen molar-refractivity contribution in [1.82, 2.24) is 15.5 Å². The summed E-state index contributed by atoms with van der Waals surface area (Å²) in [6.07, 6.45) is 2.68. The van der Waals surface area contributed by atoms with Crippen LogP contribution in [0.4, 0.5) is 0 Å². The Morgan fingerprint density at radius 2 is 2.32 bits per heavy atom. The monoisotopic (exact) mass is 436 g/mol. The van der Waals surface area contributed by atoms with Crippen molar-refractivity contribution in [1.29, 1.82) is 0 Å². The van der Waals surface area contributed by atoms with Gasteiger partial charge in [0.1, 0.15) is 0 Å². The standard InChI is InChI=1S/C15H24N4OS.HI/c1-2-16-15(18-11-13-6-10-21-12-13)17-7-4-9-19-8-3-5-14(19)20;/h6,10,12H,2-5,7-9,11H2,1H3,(H2,16,17,18);1H. The van der Waals surface area contributed by atoms with Gasteiger partial charge in [-0.2, -0.15) is 11.3 Å². The molecule has 1 amide bonds. The number of thiophene rings is 1. The number of amides is 1. The second-order valence-electron chi connectivity index (χ2n) is 5.09. The highest BCUT2D eigenvalue weighted by molar-refractivity contribution is 14.0. The maximum absolute atomic E-state index is 11.5. The van der Waals surface area contributed by atoms with Crippen molar-refractivity contribution in [2.75, 3.05) is 26.2 Å². The van der Waals surface area contributed by atoms with E-state index in [0.717, 1.165) is 51.4 Å². The van der Waals surface area contributed by atoms with Crippen molar-refractivity contribution in [3.05, 3.63) is 22.4 Å². The fraction of sp³-hybridized carbons (Fsp3) is 0.600. The van der Waals surface area contributed by atoms with Gasteiger partial charge in [-0.15, -0.1) is 24.0 Å². The molecule has 1 fully saturated rings. The number of nitrogens with one attached hydrogen (secondary N) is 2. The Labute approximate surface area is 153 Å². The first-order chi connectivity index (χ1) is 10.3. The minimum absolute atomic E-state index is 0. The number of nitrogens with zero attached hydrogens (tertiary/aromatic N) is 2. The third-order valence-electron chi connectivity index (χ3n) is 3.41. The van der Waals surface area contributed by atoms with Gasteiger partial charge in [0.25, 0.3) is 0 Å². The van der Waals surface area contributed by atoms with E-state index < -0.39 is 0 Å². The summed E-state index contributed by atoms with van der Waals surface area (Å²) in [5, 5.41) is 10.8. The van der Waals surface area contributed by atoms with E-state index >= 15 is 0 Å². The molecule has 1 aromatic heterocycles. The number of hydrogen-bond acceptors (Lipinski definition) is 3. The zero-order valence-corrected chi connectivity index (χ0v) is 16.2. The Bertz CT molecular complexity index is 464. The Morgan fingerprint density at radius 3 is 2.95 bits per heavy atom. The van der Waals surface area contributed by atoms with Crippen molar-refractivity contribution in [3.8, 4) is 0 Å². The average molecular weight is 436 g/mol. The van der Waals surface area contributed by atoms with Crippen LogP contribution in [0.25, 0.3) is 0 Å². The molecule has 0 atom stereocenters. The third kappa shape index (κ3) is 6.51. The van der Waals surface area contributed by atoms with E-state index in [1.165, 1.54) is 5.56 Å².